The number of nitrogens with zero attached hydrogens (tertiary/aromatic N) is 3. The molecule has 0 unspecified atom stereocenters. The quantitative estimate of drug-likeness (QED) is 0.226. The summed E-state index contributed by atoms with van der Waals surface area (Å²) in [6.45, 7) is 0. The molecular formula is C20H14N4O8S. The molecule has 0 fully saturated rings. The largest absolute Gasteiger partial charge is 0.378 e. The highest BCUT2D eigenvalue weighted by molar-refractivity contribution is 7.87. The van der Waals surface area contributed by atoms with Crippen LogP contribution in [0.4, 0.5) is 11.4 Å². The number of nitrogens with one attached hydrogen (secondary N) is 1. The number of para-hydroxylation sites is 1. The normalized spacial score (nSPS) is 11.2. The summed E-state index contributed by atoms with van der Waals surface area (Å²) in [5.74, 6) is -0.777. The van der Waals surface area contributed by atoms with Crippen LogP contribution in [0.3, 0.4) is 0 Å². The van der Waals surface area contributed by atoms with E-state index < -0.39 is 36.5 Å². The third-order valence-electron chi connectivity index (χ3n) is 4.15. The number of amides is 1. The minimum absolute atomic E-state index is 0.121. The average Bonchev–Trinajstić information content (AvgIpc) is 2.80. The molecule has 0 aliphatic heterocycles. The smallest absolute Gasteiger partial charge is 0.339 e. The molecule has 1 amide bonds. The van der Waals surface area contributed by atoms with Crippen molar-refractivity contribution in [3.63, 3.8) is 0 Å². The van der Waals surface area contributed by atoms with Crippen LogP contribution >= 0.6 is 0 Å². The van der Waals surface area contributed by atoms with E-state index in [9.17, 15) is 33.4 Å². The van der Waals surface area contributed by atoms with Crippen molar-refractivity contribution in [3.05, 3.63) is 104 Å². The molecule has 3 rings (SSSR count). The van der Waals surface area contributed by atoms with Crippen LogP contribution in [-0.4, -0.2) is 30.4 Å². The van der Waals surface area contributed by atoms with Crippen molar-refractivity contribution in [2.45, 2.75) is 4.90 Å². The number of hydrogen-bond donors (Lipinski definition) is 1. The zero-order chi connectivity index (χ0) is 24.0. The van der Waals surface area contributed by atoms with Crippen molar-refractivity contribution in [1.82, 2.24) is 5.43 Å². The highest BCUT2D eigenvalue weighted by Crippen LogP contribution is 2.24. The summed E-state index contributed by atoms with van der Waals surface area (Å²) in [6.07, 6.45) is 1.14. The molecule has 1 N–H and O–H groups in total. The van der Waals surface area contributed by atoms with Gasteiger partial charge in [0.25, 0.3) is 17.3 Å². The highest BCUT2D eigenvalue weighted by Gasteiger charge is 2.21. The summed E-state index contributed by atoms with van der Waals surface area (Å²) in [5.41, 5.74) is 1.94. The average molecular weight is 470 g/mol. The first-order valence-electron chi connectivity index (χ1n) is 9.03. The predicted octanol–water partition coefficient (Wildman–Crippen LogP) is 3.03. The fourth-order valence-electron chi connectivity index (χ4n) is 2.54. The fourth-order valence-corrected chi connectivity index (χ4v) is 3.54. The van der Waals surface area contributed by atoms with Crippen molar-refractivity contribution < 1.29 is 27.2 Å². The minimum atomic E-state index is -4.40. The number of benzene rings is 3. The van der Waals surface area contributed by atoms with E-state index in [1.807, 2.05) is 0 Å². The molecule has 0 aliphatic rings. The van der Waals surface area contributed by atoms with E-state index in [0.717, 1.165) is 24.4 Å². The van der Waals surface area contributed by atoms with E-state index >= 15 is 0 Å². The van der Waals surface area contributed by atoms with Crippen LogP contribution in [0.2, 0.25) is 0 Å². The van der Waals surface area contributed by atoms with Crippen molar-refractivity contribution >= 4 is 33.6 Å². The minimum Gasteiger partial charge on any atom is -0.378 e. The third kappa shape index (κ3) is 5.74. The van der Waals surface area contributed by atoms with Crippen LogP contribution in [0, 0.1) is 20.2 Å². The molecule has 12 nitrogen and oxygen atoms in total. The Morgan fingerprint density at radius 2 is 1.58 bits per heavy atom. The lowest BCUT2D eigenvalue weighted by atomic mass is 10.2. The SMILES string of the molecule is O=C(N/N=C\c1ccccc1OS(=O)(=O)c1cccc([N+](=O)[O-])c1)c1ccc([N+](=O)[O-])cc1. The molecular weight excluding hydrogens is 456 g/mol. The Bertz CT molecular complexity index is 1350. The molecule has 3 aromatic carbocycles. The number of carbonyl (C=O) groups is 1. The van der Waals surface area contributed by atoms with Gasteiger partial charge in [0, 0.05) is 35.4 Å². The first-order valence-corrected chi connectivity index (χ1v) is 10.4. The Morgan fingerprint density at radius 1 is 0.909 bits per heavy atom. The van der Waals surface area contributed by atoms with Crippen LogP contribution in [0.1, 0.15) is 15.9 Å². The predicted molar refractivity (Wildman–Crippen MR) is 116 cm³/mol. The molecule has 0 atom stereocenters. The number of hydrazone groups is 1. The second-order valence-electron chi connectivity index (χ2n) is 6.33. The third-order valence-corrected chi connectivity index (χ3v) is 5.38. The Morgan fingerprint density at radius 3 is 2.24 bits per heavy atom. The number of nitro benzene ring substituents is 2. The lowest BCUT2D eigenvalue weighted by Gasteiger charge is -2.09. The van der Waals surface area contributed by atoms with Crippen molar-refractivity contribution in [3.8, 4) is 5.75 Å². The molecule has 0 saturated heterocycles. The zero-order valence-electron chi connectivity index (χ0n) is 16.5. The molecule has 0 spiro atoms. The van der Waals surface area contributed by atoms with Gasteiger partial charge in [0.2, 0.25) is 0 Å². The zero-order valence-corrected chi connectivity index (χ0v) is 17.3. The second-order valence-corrected chi connectivity index (χ2v) is 7.88. The number of rotatable bonds is 8. The molecule has 0 bridgehead atoms. The lowest BCUT2D eigenvalue weighted by molar-refractivity contribution is -0.385. The van der Waals surface area contributed by atoms with E-state index in [0.29, 0.717) is 0 Å². The van der Waals surface area contributed by atoms with Crippen molar-refractivity contribution in [1.29, 1.82) is 0 Å². The maximum absolute atomic E-state index is 12.6. The number of carbonyl (C=O) groups excluding carboxylic acids is 1. The van der Waals surface area contributed by atoms with Gasteiger partial charge in [-0.3, -0.25) is 25.0 Å². The van der Waals surface area contributed by atoms with Crippen LogP contribution in [0.25, 0.3) is 0 Å². The van der Waals surface area contributed by atoms with E-state index in [4.69, 9.17) is 4.18 Å². The Labute approximate surface area is 186 Å². The van der Waals surface area contributed by atoms with E-state index in [1.165, 1.54) is 48.5 Å². The number of nitro groups is 2. The van der Waals surface area contributed by atoms with Crippen molar-refractivity contribution in [2.24, 2.45) is 5.10 Å². The first-order chi connectivity index (χ1) is 15.7. The number of non-ortho nitro benzene ring substituents is 2. The summed E-state index contributed by atoms with van der Waals surface area (Å²) in [7, 11) is -4.40. The number of hydrogen-bond acceptors (Lipinski definition) is 9. The van der Waals surface area contributed by atoms with Crippen molar-refractivity contribution in [2.75, 3.05) is 0 Å². The van der Waals surface area contributed by atoms with E-state index in [1.54, 1.807) is 6.07 Å². The molecule has 0 radical (unpaired) electrons. The van der Waals surface area contributed by atoms with Gasteiger partial charge in [-0.05, 0) is 30.3 Å². The fraction of sp³-hybridized carbons (Fsp3) is 0. The molecule has 168 valence electrons. The van der Waals surface area contributed by atoms with Gasteiger partial charge in [0.15, 0.2) is 5.75 Å². The van der Waals surface area contributed by atoms with Gasteiger partial charge in [0.1, 0.15) is 4.90 Å². The Hall–Kier alpha value is -4.65. The van der Waals surface area contributed by atoms with E-state index in [2.05, 4.69) is 10.5 Å². The van der Waals surface area contributed by atoms with Gasteiger partial charge < -0.3 is 4.18 Å². The summed E-state index contributed by atoms with van der Waals surface area (Å²) in [6, 6.07) is 15.1. The van der Waals surface area contributed by atoms with Gasteiger partial charge >= 0.3 is 10.1 Å². The van der Waals surface area contributed by atoms with Gasteiger partial charge in [-0.2, -0.15) is 13.5 Å². The van der Waals surface area contributed by atoms with Gasteiger partial charge in [-0.1, -0.05) is 18.2 Å². The van der Waals surface area contributed by atoms with Crippen LogP contribution < -0.4 is 9.61 Å². The van der Waals surface area contributed by atoms with Crippen LogP contribution in [0.15, 0.2) is 82.8 Å². The van der Waals surface area contributed by atoms with Gasteiger partial charge in [-0.15, -0.1) is 0 Å². The molecule has 0 saturated carbocycles. The summed E-state index contributed by atoms with van der Waals surface area (Å²) < 4.78 is 30.2. The monoisotopic (exact) mass is 470 g/mol. The second kappa shape index (κ2) is 9.65. The Balaban J connectivity index is 1.75. The van der Waals surface area contributed by atoms with E-state index in [-0.39, 0.29) is 22.6 Å². The molecule has 3 aromatic rings. The molecule has 0 aromatic heterocycles. The van der Waals surface area contributed by atoms with Gasteiger partial charge in [-0.25, -0.2) is 5.43 Å². The molecule has 0 aliphatic carbocycles. The topological polar surface area (TPSA) is 171 Å². The molecule has 33 heavy (non-hydrogen) atoms. The highest BCUT2D eigenvalue weighted by atomic mass is 32.2. The molecule has 0 heterocycles. The lowest BCUT2D eigenvalue weighted by Crippen LogP contribution is -2.17. The maximum Gasteiger partial charge on any atom is 0.339 e. The molecule has 13 heteroatoms. The summed E-state index contributed by atoms with van der Waals surface area (Å²) in [4.78, 5) is 32.0. The Kier molecular flexibility index (Phi) is 6.74. The standard InChI is InChI=1S/C20H14N4O8S/c25-20(14-8-10-16(11-9-14)23(26)27)22-21-13-15-4-1-2-7-19(15)32-33(30,31)18-6-3-5-17(12-18)24(28)29/h1-13H,(H,22,25)/b21-13-. The van der Waals surface area contributed by atoms with Gasteiger partial charge in [0.05, 0.1) is 16.1 Å². The summed E-state index contributed by atoms with van der Waals surface area (Å²) in [5, 5.41) is 25.3. The maximum atomic E-state index is 12.6. The van der Waals surface area contributed by atoms with Crippen LogP contribution in [-0.2, 0) is 10.1 Å². The van der Waals surface area contributed by atoms with Crippen LogP contribution in [0.5, 0.6) is 5.75 Å². The first kappa shape index (κ1) is 23.0. The summed E-state index contributed by atoms with van der Waals surface area (Å²) >= 11 is 0.